The molecule has 4 aliphatic carbocycles. The summed E-state index contributed by atoms with van der Waals surface area (Å²) in [5, 5.41) is 1.54. The van der Waals surface area contributed by atoms with Crippen molar-refractivity contribution in [1.82, 2.24) is 0 Å². The van der Waals surface area contributed by atoms with Gasteiger partial charge in [-0.05, 0) is 0 Å². The SMILES string of the molecule is CC1=CC(C)(C)c2cc3c(cc21)-c1cc2c(cc1[CH]3[Zr+2]([C]1=CC(C(C)(C)C)=CC1C(C)C)=[C](c1cccc(Cl)c1)c1cccc(Cl)c1)C(C)(C)C=C2C.[Cl-].[Cl-]. The zero-order valence-electron chi connectivity index (χ0n) is 34.0. The first-order valence-corrected chi connectivity index (χ1v) is 24.0. The maximum atomic E-state index is 6.92. The van der Waals surface area contributed by atoms with Crippen LogP contribution in [0.1, 0.15) is 124 Å². The van der Waals surface area contributed by atoms with Crippen molar-refractivity contribution in [3.8, 4) is 11.1 Å². The summed E-state index contributed by atoms with van der Waals surface area (Å²) in [5.74, 6) is 0.831. The van der Waals surface area contributed by atoms with E-state index in [0.29, 0.717) is 11.8 Å². The van der Waals surface area contributed by atoms with Crippen LogP contribution in [0.5, 0.6) is 0 Å². The normalized spacial score (nSPS) is 18.5. The van der Waals surface area contributed by atoms with E-state index in [1.807, 2.05) is 12.1 Å². The van der Waals surface area contributed by atoms with E-state index in [-0.39, 0.29) is 44.7 Å². The standard InChI is InChI=1S/C25H25.C13H8Cl2.C12H19.2ClH.Zr/c1-14-12-24(3,4)22-8-16-7-17-9-23-19(15(2)13-25(23,5)6)11-21(17)20(16)10-18(14)22;14-12-5-1-3-10(8-12)7-11-4-2-6-13(15)9-11;1-9(2)10-6-7-11(8-10)12(3,4)5;;;/h7-13H,1-6H3;1-6,8-9H;7-10H,1-5H3;2*1H;/q;;;;;+2/p-2. The number of fused-ring (bicyclic) bond motifs is 5. The smallest absolute Gasteiger partial charge is 1.00 e. The molecule has 55 heavy (non-hydrogen) atoms. The molecule has 0 saturated heterocycles. The van der Waals surface area contributed by atoms with Crippen LogP contribution in [0.25, 0.3) is 22.3 Å². The number of hydrogen-bond acceptors (Lipinski definition) is 0. The molecule has 4 aromatic rings. The van der Waals surface area contributed by atoms with Gasteiger partial charge in [-0.25, -0.2) is 0 Å². The molecule has 0 nitrogen and oxygen atoms in total. The number of rotatable bonds is 5. The van der Waals surface area contributed by atoms with Gasteiger partial charge >= 0.3 is 338 Å². The first kappa shape index (κ1) is 42.4. The average molecular weight is 886 g/mol. The van der Waals surface area contributed by atoms with Crippen LogP contribution in [0.15, 0.2) is 106 Å². The Morgan fingerprint density at radius 3 is 1.53 bits per heavy atom. The Bertz CT molecular complexity index is 2270. The van der Waals surface area contributed by atoms with Crippen molar-refractivity contribution in [2.24, 2.45) is 17.3 Å². The minimum atomic E-state index is -3.18. The van der Waals surface area contributed by atoms with Crippen LogP contribution in [0, 0.1) is 17.3 Å². The van der Waals surface area contributed by atoms with Crippen LogP contribution in [-0.2, 0) is 32.1 Å². The molecule has 0 amide bonds. The van der Waals surface area contributed by atoms with E-state index in [9.17, 15) is 0 Å². The monoisotopic (exact) mass is 882 g/mol. The molecule has 1 unspecified atom stereocenters. The maximum absolute atomic E-state index is 6.92. The van der Waals surface area contributed by atoms with E-state index >= 15 is 0 Å². The van der Waals surface area contributed by atoms with Crippen molar-refractivity contribution in [3.05, 3.63) is 161 Å². The van der Waals surface area contributed by atoms with Gasteiger partial charge < -0.3 is 24.8 Å². The number of allylic oxidation sites excluding steroid dienone is 8. The van der Waals surface area contributed by atoms with E-state index in [2.05, 4.69) is 161 Å². The predicted octanol–water partition coefficient (Wildman–Crippen LogP) is 8.49. The Morgan fingerprint density at radius 1 is 0.673 bits per heavy atom. The third-order valence-corrected chi connectivity index (χ3v) is 21.3. The van der Waals surface area contributed by atoms with Gasteiger partial charge in [-0.2, -0.15) is 0 Å². The van der Waals surface area contributed by atoms with Crippen molar-refractivity contribution in [2.75, 3.05) is 0 Å². The van der Waals surface area contributed by atoms with E-state index in [4.69, 9.17) is 23.2 Å². The van der Waals surface area contributed by atoms with E-state index < -0.39 is 21.3 Å². The molecule has 0 aromatic heterocycles. The molecule has 0 bridgehead atoms. The minimum Gasteiger partial charge on any atom is -1.00 e. The molecule has 0 fully saturated rings. The second-order valence-electron chi connectivity index (χ2n) is 18.6. The van der Waals surface area contributed by atoms with Crippen LogP contribution >= 0.6 is 23.2 Å². The van der Waals surface area contributed by atoms with Gasteiger partial charge in [0.25, 0.3) is 0 Å². The van der Waals surface area contributed by atoms with Crippen LogP contribution < -0.4 is 24.8 Å². The molecule has 0 spiro atoms. The van der Waals surface area contributed by atoms with Crippen LogP contribution in [-0.4, -0.2) is 3.21 Å². The number of hydrogen-bond donors (Lipinski definition) is 0. The Hall–Kier alpha value is -2.25. The van der Waals surface area contributed by atoms with Gasteiger partial charge in [-0.1, -0.05) is 0 Å². The zero-order valence-corrected chi connectivity index (χ0v) is 39.5. The van der Waals surface area contributed by atoms with Gasteiger partial charge in [0.1, 0.15) is 0 Å². The molecule has 4 aromatic carbocycles. The van der Waals surface area contributed by atoms with Crippen molar-refractivity contribution < 1.29 is 46.1 Å². The Labute approximate surface area is 360 Å². The largest absolute Gasteiger partial charge is 1.00 e. The average Bonchev–Trinajstić information content (AvgIpc) is 3.77. The minimum absolute atomic E-state index is 0. The van der Waals surface area contributed by atoms with E-state index in [1.165, 1.54) is 75.6 Å². The quantitative estimate of drug-likeness (QED) is 0.189. The van der Waals surface area contributed by atoms with Crippen molar-refractivity contribution in [3.63, 3.8) is 0 Å². The van der Waals surface area contributed by atoms with Gasteiger partial charge in [-0.15, -0.1) is 0 Å². The molecule has 0 saturated carbocycles. The second kappa shape index (κ2) is 14.8. The third kappa shape index (κ3) is 7.16. The van der Waals surface area contributed by atoms with Crippen molar-refractivity contribution in [2.45, 2.75) is 90.6 Å². The molecule has 0 radical (unpaired) electrons. The molecule has 0 N–H and O–H groups in total. The molecule has 284 valence electrons. The summed E-state index contributed by atoms with van der Waals surface area (Å²) in [5.41, 5.74) is 18.3. The van der Waals surface area contributed by atoms with Gasteiger partial charge in [-0.3, -0.25) is 0 Å². The maximum Gasteiger partial charge on any atom is -1.00 e. The second-order valence-corrected chi connectivity index (χ2v) is 25.5. The summed E-state index contributed by atoms with van der Waals surface area (Å²) in [6.07, 6.45) is 10.2. The Balaban J connectivity index is 0.00000257. The Morgan fingerprint density at radius 2 is 1.13 bits per heavy atom. The van der Waals surface area contributed by atoms with Crippen LogP contribution in [0.3, 0.4) is 0 Å². The van der Waals surface area contributed by atoms with Crippen LogP contribution in [0.2, 0.25) is 10.0 Å². The fourth-order valence-corrected chi connectivity index (χ4v) is 20.1. The first-order chi connectivity index (χ1) is 24.9. The summed E-state index contributed by atoms with van der Waals surface area (Å²) >= 11 is 10.7. The molecule has 1 atom stereocenters. The molecule has 4 aliphatic rings. The third-order valence-electron chi connectivity index (χ3n) is 12.4. The summed E-state index contributed by atoms with van der Waals surface area (Å²) < 4.78 is 3.42. The fraction of sp³-hybridized carbons (Fsp3) is 0.340. The topological polar surface area (TPSA) is 0 Å². The van der Waals surface area contributed by atoms with E-state index in [0.717, 1.165) is 10.0 Å². The fourth-order valence-electron chi connectivity index (χ4n) is 9.86. The summed E-state index contributed by atoms with van der Waals surface area (Å²) in [6, 6.07) is 27.7. The number of halogens is 4. The van der Waals surface area contributed by atoms with Gasteiger partial charge in [0.05, 0.1) is 0 Å². The Kier molecular flexibility index (Phi) is 11.4. The summed E-state index contributed by atoms with van der Waals surface area (Å²) in [7, 11) is 0. The summed E-state index contributed by atoms with van der Waals surface area (Å²) in [6.45, 7) is 26.1. The summed E-state index contributed by atoms with van der Waals surface area (Å²) in [4.78, 5) is 0. The van der Waals surface area contributed by atoms with Gasteiger partial charge in [0, 0.05) is 0 Å². The van der Waals surface area contributed by atoms with E-state index in [1.54, 1.807) is 3.28 Å². The van der Waals surface area contributed by atoms with Gasteiger partial charge in [0.15, 0.2) is 0 Å². The van der Waals surface area contributed by atoms with Crippen LogP contribution in [0.4, 0.5) is 0 Å². The van der Waals surface area contributed by atoms with Crippen molar-refractivity contribution >= 4 is 37.6 Å². The van der Waals surface area contributed by atoms with Crippen molar-refractivity contribution in [1.29, 1.82) is 0 Å². The molecular formula is C50H52Cl4Zr. The molecular weight excluding hydrogens is 834 g/mol. The van der Waals surface area contributed by atoms with Gasteiger partial charge in [0.2, 0.25) is 0 Å². The molecule has 0 heterocycles. The zero-order chi connectivity index (χ0) is 37.9. The molecule has 0 aliphatic heterocycles. The number of benzene rings is 4. The molecule has 5 heteroatoms. The predicted molar refractivity (Wildman–Crippen MR) is 227 cm³/mol. The molecule has 8 rings (SSSR count). The first-order valence-electron chi connectivity index (χ1n) is 19.3.